The van der Waals surface area contributed by atoms with Gasteiger partial charge in [0.1, 0.15) is 11.6 Å². The van der Waals surface area contributed by atoms with Crippen LogP contribution in [0.5, 0.6) is 0 Å². The van der Waals surface area contributed by atoms with Crippen molar-refractivity contribution in [1.29, 1.82) is 0 Å². The molecule has 2 aromatic rings. The lowest BCUT2D eigenvalue weighted by Gasteiger charge is -2.18. The van der Waals surface area contributed by atoms with E-state index in [1.807, 2.05) is 0 Å². The average molecular weight is 262 g/mol. The van der Waals surface area contributed by atoms with Crippen molar-refractivity contribution in [3.8, 4) is 0 Å². The fourth-order valence-electron chi connectivity index (χ4n) is 2.08. The van der Waals surface area contributed by atoms with Crippen molar-refractivity contribution in [2.75, 3.05) is 0 Å². The predicted molar refractivity (Wildman–Crippen MR) is 71.4 cm³/mol. The third-order valence-corrected chi connectivity index (χ3v) is 3.20. The van der Waals surface area contributed by atoms with E-state index in [0.717, 1.165) is 11.1 Å². The number of hydrogen-bond donors (Lipinski definition) is 2. The lowest BCUT2D eigenvalue weighted by Crippen LogP contribution is -2.29. The maximum absolute atomic E-state index is 13.3. The molecule has 0 unspecified atom stereocenters. The molecule has 0 fully saturated rings. The standard InChI is InChI=1S/C15H16F2N2/c1-9-7-11(3-5-13(9)16)15(19-18)12-4-6-14(17)10(2)8-12/h3-8,15,19H,18H2,1-2H3. The van der Waals surface area contributed by atoms with Crippen molar-refractivity contribution in [2.24, 2.45) is 5.84 Å². The van der Waals surface area contributed by atoms with Gasteiger partial charge in [-0.3, -0.25) is 5.84 Å². The smallest absolute Gasteiger partial charge is 0.126 e. The molecular formula is C15H16F2N2. The highest BCUT2D eigenvalue weighted by Crippen LogP contribution is 2.24. The van der Waals surface area contributed by atoms with Crippen LogP contribution in [0.3, 0.4) is 0 Å². The Kier molecular flexibility index (Phi) is 3.93. The minimum atomic E-state index is -0.293. The Morgan fingerprint density at radius 1 is 0.895 bits per heavy atom. The van der Waals surface area contributed by atoms with E-state index in [-0.39, 0.29) is 17.7 Å². The lowest BCUT2D eigenvalue weighted by atomic mass is 9.96. The van der Waals surface area contributed by atoms with Gasteiger partial charge in [0, 0.05) is 0 Å². The van der Waals surface area contributed by atoms with Crippen molar-refractivity contribution in [1.82, 2.24) is 5.43 Å². The summed E-state index contributed by atoms with van der Waals surface area (Å²) in [5, 5.41) is 0. The molecule has 0 bridgehead atoms. The number of benzene rings is 2. The van der Waals surface area contributed by atoms with Crippen LogP contribution in [0.2, 0.25) is 0 Å². The molecule has 0 radical (unpaired) electrons. The molecule has 0 aliphatic heterocycles. The van der Waals surface area contributed by atoms with E-state index in [4.69, 9.17) is 5.84 Å². The number of halogens is 2. The second-order valence-electron chi connectivity index (χ2n) is 4.62. The Bertz CT molecular complexity index is 545. The molecule has 4 heteroatoms. The molecule has 0 heterocycles. The van der Waals surface area contributed by atoms with Crippen molar-refractivity contribution < 1.29 is 8.78 Å². The SMILES string of the molecule is Cc1cc(C(NN)c2ccc(F)c(C)c2)ccc1F. The zero-order valence-electron chi connectivity index (χ0n) is 10.9. The topological polar surface area (TPSA) is 38.0 Å². The molecular weight excluding hydrogens is 246 g/mol. The normalized spacial score (nSPS) is 11.1. The summed E-state index contributed by atoms with van der Waals surface area (Å²) in [6, 6.07) is 9.34. The van der Waals surface area contributed by atoms with Crippen LogP contribution in [-0.4, -0.2) is 0 Å². The van der Waals surface area contributed by atoms with Gasteiger partial charge in [0.2, 0.25) is 0 Å². The molecule has 2 nitrogen and oxygen atoms in total. The van der Waals surface area contributed by atoms with Crippen molar-refractivity contribution in [3.05, 3.63) is 70.3 Å². The molecule has 0 aromatic heterocycles. The van der Waals surface area contributed by atoms with Gasteiger partial charge in [-0.1, -0.05) is 24.3 Å². The number of hydrogen-bond acceptors (Lipinski definition) is 2. The monoisotopic (exact) mass is 262 g/mol. The van der Waals surface area contributed by atoms with Gasteiger partial charge >= 0.3 is 0 Å². The van der Waals surface area contributed by atoms with Gasteiger partial charge in [-0.25, -0.2) is 14.2 Å². The Morgan fingerprint density at radius 3 is 1.63 bits per heavy atom. The number of hydrazine groups is 1. The van der Waals surface area contributed by atoms with Crippen LogP contribution in [0.25, 0.3) is 0 Å². The van der Waals surface area contributed by atoms with Gasteiger partial charge in [0.25, 0.3) is 0 Å². The van der Waals surface area contributed by atoms with E-state index >= 15 is 0 Å². The summed E-state index contributed by atoms with van der Waals surface area (Å²) in [6.45, 7) is 3.39. The van der Waals surface area contributed by atoms with E-state index in [1.54, 1.807) is 38.1 Å². The third-order valence-electron chi connectivity index (χ3n) is 3.20. The summed E-state index contributed by atoms with van der Waals surface area (Å²) in [6.07, 6.45) is 0. The zero-order valence-corrected chi connectivity index (χ0v) is 10.9. The van der Waals surface area contributed by atoms with E-state index < -0.39 is 0 Å². The second kappa shape index (κ2) is 5.47. The molecule has 0 aliphatic carbocycles. The number of aryl methyl sites for hydroxylation is 2. The van der Waals surface area contributed by atoms with Crippen LogP contribution < -0.4 is 11.3 Å². The maximum Gasteiger partial charge on any atom is 0.126 e. The quantitative estimate of drug-likeness (QED) is 0.658. The van der Waals surface area contributed by atoms with Crippen LogP contribution >= 0.6 is 0 Å². The Labute approximate surface area is 111 Å². The summed E-state index contributed by atoms with van der Waals surface area (Å²) < 4.78 is 26.6. The van der Waals surface area contributed by atoms with Gasteiger partial charge in [0.15, 0.2) is 0 Å². The van der Waals surface area contributed by atoms with Crippen molar-refractivity contribution in [3.63, 3.8) is 0 Å². The highest BCUT2D eigenvalue weighted by Gasteiger charge is 2.14. The Morgan fingerprint density at radius 2 is 1.32 bits per heavy atom. The zero-order chi connectivity index (χ0) is 14.0. The number of rotatable bonds is 3. The van der Waals surface area contributed by atoms with Gasteiger partial charge in [-0.2, -0.15) is 0 Å². The minimum absolute atomic E-state index is 0.255. The fourth-order valence-corrected chi connectivity index (χ4v) is 2.08. The Balaban J connectivity index is 2.43. The molecule has 3 N–H and O–H groups in total. The van der Waals surface area contributed by atoms with Gasteiger partial charge in [0.05, 0.1) is 6.04 Å². The first-order chi connectivity index (χ1) is 9.02. The van der Waals surface area contributed by atoms with Crippen LogP contribution in [0.15, 0.2) is 36.4 Å². The van der Waals surface area contributed by atoms with Crippen molar-refractivity contribution in [2.45, 2.75) is 19.9 Å². The first-order valence-electron chi connectivity index (χ1n) is 6.01. The first-order valence-corrected chi connectivity index (χ1v) is 6.01. The largest absolute Gasteiger partial charge is 0.271 e. The highest BCUT2D eigenvalue weighted by molar-refractivity contribution is 5.36. The molecule has 0 aliphatic rings. The molecule has 0 amide bonds. The van der Waals surface area contributed by atoms with E-state index in [1.165, 1.54) is 12.1 Å². The summed E-state index contributed by atoms with van der Waals surface area (Å²) in [5.41, 5.74) is 5.47. The average Bonchev–Trinajstić information content (AvgIpc) is 2.39. The molecule has 0 saturated heterocycles. The van der Waals surface area contributed by atoms with Gasteiger partial charge in [-0.05, 0) is 48.2 Å². The first kappa shape index (κ1) is 13.6. The Hall–Kier alpha value is -1.78. The van der Waals surface area contributed by atoms with Crippen LogP contribution in [0, 0.1) is 25.5 Å². The lowest BCUT2D eigenvalue weighted by molar-refractivity contribution is 0.601. The minimum Gasteiger partial charge on any atom is -0.271 e. The number of nitrogens with two attached hydrogens (primary N) is 1. The van der Waals surface area contributed by atoms with E-state index in [2.05, 4.69) is 5.43 Å². The molecule has 19 heavy (non-hydrogen) atoms. The van der Waals surface area contributed by atoms with Crippen LogP contribution in [0.4, 0.5) is 8.78 Å². The molecule has 2 rings (SSSR count). The summed E-state index contributed by atoms with van der Waals surface area (Å²) in [4.78, 5) is 0. The molecule has 0 spiro atoms. The maximum atomic E-state index is 13.3. The molecule has 0 atom stereocenters. The summed E-state index contributed by atoms with van der Waals surface area (Å²) in [5.74, 6) is 5.07. The van der Waals surface area contributed by atoms with Gasteiger partial charge < -0.3 is 0 Å². The fraction of sp³-hybridized carbons (Fsp3) is 0.200. The summed E-state index contributed by atoms with van der Waals surface area (Å²) >= 11 is 0. The number of nitrogens with one attached hydrogen (secondary N) is 1. The van der Waals surface area contributed by atoms with Crippen LogP contribution in [-0.2, 0) is 0 Å². The molecule has 0 saturated carbocycles. The van der Waals surface area contributed by atoms with E-state index in [9.17, 15) is 8.78 Å². The third kappa shape index (κ3) is 2.80. The molecule has 100 valence electrons. The second-order valence-corrected chi connectivity index (χ2v) is 4.62. The predicted octanol–water partition coefficient (Wildman–Crippen LogP) is 3.13. The van der Waals surface area contributed by atoms with Gasteiger partial charge in [-0.15, -0.1) is 0 Å². The molecule has 2 aromatic carbocycles. The van der Waals surface area contributed by atoms with Crippen LogP contribution in [0.1, 0.15) is 28.3 Å². The summed E-state index contributed by atoms with van der Waals surface area (Å²) in [7, 11) is 0. The van der Waals surface area contributed by atoms with Crippen molar-refractivity contribution >= 4 is 0 Å². The highest BCUT2D eigenvalue weighted by atomic mass is 19.1. The van der Waals surface area contributed by atoms with E-state index in [0.29, 0.717) is 11.1 Å².